The van der Waals surface area contributed by atoms with Gasteiger partial charge in [0.2, 0.25) is 0 Å². The molecule has 4 rings (SSSR count). The number of ether oxygens (including phenoxy) is 2. The number of hydrogen-bond acceptors (Lipinski definition) is 6. The molecule has 0 spiro atoms. The Morgan fingerprint density at radius 3 is 2.38 bits per heavy atom. The van der Waals surface area contributed by atoms with Gasteiger partial charge in [0.25, 0.3) is 5.79 Å². The zero-order chi connectivity index (χ0) is 18.3. The normalized spacial score (nSPS) is 16.3. The van der Waals surface area contributed by atoms with Gasteiger partial charge in [-0.2, -0.15) is 0 Å². The predicted octanol–water partition coefficient (Wildman–Crippen LogP) is 3.52. The van der Waals surface area contributed by atoms with Crippen molar-refractivity contribution < 1.29 is 19.1 Å². The van der Waals surface area contributed by atoms with Crippen molar-refractivity contribution in [2.24, 2.45) is 0 Å². The third kappa shape index (κ3) is 2.97. The standard InChI is InChI=1S/C20H16N2O4/c1-20(2)25-18(23)15(19(24)26-20)11-21-14-7-8-17-13(10-14)9-12-5-3-4-6-16(12)22-17/h3-11,21H,1-2H3. The quantitative estimate of drug-likeness (QED) is 0.330. The molecule has 0 bridgehead atoms. The second-order valence-corrected chi connectivity index (χ2v) is 6.47. The summed E-state index contributed by atoms with van der Waals surface area (Å²) in [5, 5.41) is 4.94. The van der Waals surface area contributed by atoms with Crippen molar-refractivity contribution in [3.63, 3.8) is 0 Å². The minimum Gasteiger partial charge on any atom is -0.419 e. The molecule has 6 heteroatoms. The number of fused-ring (bicyclic) bond motifs is 2. The number of pyridine rings is 1. The molecule has 6 nitrogen and oxygen atoms in total. The van der Waals surface area contributed by atoms with Crippen LogP contribution in [0.4, 0.5) is 5.69 Å². The lowest BCUT2D eigenvalue weighted by molar-refractivity contribution is -0.222. The molecule has 1 aliphatic rings. The van der Waals surface area contributed by atoms with Crippen molar-refractivity contribution in [2.45, 2.75) is 19.6 Å². The molecule has 0 saturated carbocycles. The smallest absolute Gasteiger partial charge is 0.350 e. The molecule has 2 heterocycles. The van der Waals surface area contributed by atoms with Crippen molar-refractivity contribution >= 4 is 39.4 Å². The Morgan fingerprint density at radius 2 is 1.62 bits per heavy atom. The Hall–Kier alpha value is -3.41. The molecular formula is C20H16N2O4. The highest BCUT2D eigenvalue weighted by atomic mass is 16.7. The zero-order valence-corrected chi connectivity index (χ0v) is 14.3. The fourth-order valence-electron chi connectivity index (χ4n) is 2.80. The highest BCUT2D eigenvalue weighted by molar-refractivity contribution is 6.15. The van der Waals surface area contributed by atoms with Gasteiger partial charge in [-0.1, -0.05) is 18.2 Å². The number of nitrogens with zero attached hydrogens (tertiary/aromatic N) is 1. The number of cyclic esters (lactones) is 2. The fraction of sp³-hybridized carbons (Fsp3) is 0.150. The van der Waals surface area contributed by atoms with Gasteiger partial charge in [0.05, 0.1) is 11.0 Å². The molecule has 130 valence electrons. The molecule has 3 aromatic rings. The molecule has 0 radical (unpaired) electrons. The minimum atomic E-state index is -1.25. The molecule has 0 amide bonds. The van der Waals surface area contributed by atoms with E-state index in [2.05, 4.69) is 10.3 Å². The lowest BCUT2D eigenvalue weighted by atomic mass is 10.1. The second kappa shape index (κ2) is 5.84. The van der Waals surface area contributed by atoms with Crippen LogP contribution in [0, 0.1) is 0 Å². The number of anilines is 1. The van der Waals surface area contributed by atoms with Gasteiger partial charge in [0, 0.05) is 36.5 Å². The average molecular weight is 348 g/mol. The summed E-state index contributed by atoms with van der Waals surface area (Å²) in [6.45, 7) is 3.02. The summed E-state index contributed by atoms with van der Waals surface area (Å²) >= 11 is 0. The maximum absolute atomic E-state index is 12.0. The van der Waals surface area contributed by atoms with Crippen LogP contribution in [0.1, 0.15) is 13.8 Å². The predicted molar refractivity (Wildman–Crippen MR) is 97.2 cm³/mol. The first-order valence-electron chi connectivity index (χ1n) is 8.14. The Kier molecular flexibility index (Phi) is 3.61. The van der Waals surface area contributed by atoms with E-state index in [1.165, 1.54) is 20.0 Å². The van der Waals surface area contributed by atoms with Gasteiger partial charge in [0.1, 0.15) is 0 Å². The summed E-state index contributed by atoms with van der Waals surface area (Å²) in [4.78, 5) is 28.5. The third-order valence-electron chi connectivity index (χ3n) is 4.02. The number of carbonyl (C=O) groups is 2. The van der Waals surface area contributed by atoms with Crippen molar-refractivity contribution in [3.05, 3.63) is 60.3 Å². The lowest BCUT2D eigenvalue weighted by Gasteiger charge is -2.29. The molecule has 2 aromatic carbocycles. The highest BCUT2D eigenvalue weighted by Crippen LogP contribution is 2.25. The van der Waals surface area contributed by atoms with Crippen molar-refractivity contribution in [3.8, 4) is 0 Å². The van der Waals surface area contributed by atoms with Crippen LogP contribution >= 0.6 is 0 Å². The van der Waals surface area contributed by atoms with E-state index in [-0.39, 0.29) is 5.57 Å². The van der Waals surface area contributed by atoms with Crippen LogP contribution in [0.25, 0.3) is 21.8 Å². The van der Waals surface area contributed by atoms with Crippen LogP contribution in [0.15, 0.2) is 60.3 Å². The summed E-state index contributed by atoms with van der Waals surface area (Å²) in [5.74, 6) is -2.68. The number of aromatic nitrogens is 1. The molecule has 1 aliphatic heterocycles. The van der Waals surface area contributed by atoms with E-state index in [9.17, 15) is 9.59 Å². The van der Waals surface area contributed by atoms with E-state index in [0.29, 0.717) is 5.69 Å². The third-order valence-corrected chi connectivity index (χ3v) is 4.02. The van der Waals surface area contributed by atoms with Gasteiger partial charge in [-0.15, -0.1) is 0 Å². The van der Waals surface area contributed by atoms with Crippen LogP contribution < -0.4 is 5.32 Å². The SMILES string of the molecule is CC1(C)OC(=O)C(=CNc2ccc3nc4ccccc4cc3c2)C(=O)O1. The van der Waals surface area contributed by atoms with Gasteiger partial charge in [-0.3, -0.25) is 0 Å². The fourth-order valence-corrected chi connectivity index (χ4v) is 2.80. The molecule has 1 N–H and O–H groups in total. The van der Waals surface area contributed by atoms with Crippen LogP contribution in [-0.2, 0) is 19.1 Å². The van der Waals surface area contributed by atoms with Gasteiger partial charge in [-0.25, -0.2) is 14.6 Å². The molecule has 26 heavy (non-hydrogen) atoms. The highest BCUT2D eigenvalue weighted by Gasteiger charge is 2.38. The maximum Gasteiger partial charge on any atom is 0.350 e. The van der Waals surface area contributed by atoms with Crippen molar-refractivity contribution in [2.75, 3.05) is 5.32 Å². The van der Waals surface area contributed by atoms with Crippen LogP contribution in [0.3, 0.4) is 0 Å². The van der Waals surface area contributed by atoms with E-state index < -0.39 is 17.7 Å². The Bertz CT molecular complexity index is 1060. The molecular weight excluding hydrogens is 332 g/mol. The number of carbonyl (C=O) groups excluding carboxylic acids is 2. The van der Waals surface area contributed by atoms with E-state index >= 15 is 0 Å². The van der Waals surface area contributed by atoms with Gasteiger partial charge >= 0.3 is 11.9 Å². The van der Waals surface area contributed by atoms with Crippen LogP contribution in [0.5, 0.6) is 0 Å². The summed E-state index contributed by atoms with van der Waals surface area (Å²) in [6, 6.07) is 15.5. The molecule has 0 atom stereocenters. The number of para-hydroxylation sites is 1. The number of benzene rings is 2. The van der Waals surface area contributed by atoms with Crippen LogP contribution in [-0.4, -0.2) is 22.7 Å². The number of esters is 2. The number of hydrogen-bond donors (Lipinski definition) is 1. The zero-order valence-electron chi connectivity index (χ0n) is 14.3. The van der Waals surface area contributed by atoms with E-state index in [1.807, 2.05) is 48.5 Å². The first kappa shape index (κ1) is 16.1. The lowest BCUT2D eigenvalue weighted by Crippen LogP contribution is -2.42. The first-order valence-corrected chi connectivity index (χ1v) is 8.14. The number of nitrogens with one attached hydrogen (secondary N) is 1. The van der Waals surface area contributed by atoms with Crippen molar-refractivity contribution in [1.82, 2.24) is 4.98 Å². The maximum atomic E-state index is 12.0. The van der Waals surface area contributed by atoms with Crippen LogP contribution in [0.2, 0.25) is 0 Å². The Morgan fingerprint density at radius 1 is 0.923 bits per heavy atom. The first-order chi connectivity index (χ1) is 12.4. The van der Waals surface area contributed by atoms with Crippen molar-refractivity contribution in [1.29, 1.82) is 0 Å². The Balaban J connectivity index is 1.64. The Labute approximate surface area is 149 Å². The molecule has 0 unspecified atom stereocenters. The molecule has 1 saturated heterocycles. The summed E-state index contributed by atoms with van der Waals surface area (Å²) in [6.07, 6.45) is 1.30. The summed E-state index contributed by atoms with van der Waals surface area (Å²) in [7, 11) is 0. The topological polar surface area (TPSA) is 77.5 Å². The molecule has 0 aliphatic carbocycles. The summed E-state index contributed by atoms with van der Waals surface area (Å²) < 4.78 is 10.1. The average Bonchev–Trinajstić information content (AvgIpc) is 2.58. The molecule has 1 aromatic heterocycles. The number of rotatable bonds is 2. The van der Waals surface area contributed by atoms with Gasteiger partial charge in [-0.05, 0) is 30.3 Å². The largest absolute Gasteiger partial charge is 0.419 e. The minimum absolute atomic E-state index is 0.180. The van der Waals surface area contributed by atoms with E-state index in [0.717, 1.165) is 21.8 Å². The molecule has 1 fully saturated rings. The second-order valence-electron chi connectivity index (χ2n) is 6.47. The van der Waals surface area contributed by atoms with Gasteiger partial charge < -0.3 is 14.8 Å². The summed E-state index contributed by atoms with van der Waals surface area (Å²) in [5.41, 5.74) is 2.33. The van der Waals surface area contributed by atoms with E-state index in [1.54, 1.807) is 0 Å². The van der Waals surface area contributed by atoms with E-state index in [4.69, 9.17) is 9.47 Å². The monoisotopic (exact) mass is 348 g/mol. The van der Waals surface area contributed by atoms with Gasteiger partial charge in [0.15, 0.2) is 5.57 Å².